The van der Waals surface area contributed by atoms with Gasteiger partial charge in [0.05, 0.1) is 11.6 Å². The molecule has 1 heterocycles. The molecule has 5 heteroatoms. The van der Waals surface area contributed by atoms with Crippen molar-refractivity contribution in [3.63, 3.8) is 0 Å². The zero-order valence-corrected chi connectivity index (χ0v) is 13.3. The number of hydrogen-bond donors (Lipinski definition) is 2. The predicted octanol–water partition coefficient (Wildman–Crippen LogP) is 4.14. The number of nitrogens with zero attached hydrogens (tertiary/aromatic N) is 3. The minimum absolute atomic E-state index is 0.473. The SMILES string of the molecule is Cc1cc(Nc2cccc(C#N)c2)nc(NC2CCCCC2)n1. The van der Waals surface area contributed by atoms with Crippen LogP contribution in [0.5, 0.6) is 0 Å². The van der Waals surface area contributed by atoms with Crippen molar-refractivity contribution in [2.24, 2.45) is 0 Å². The molecule has 3 rings (SSSR count). The van der Waals surface area contributed by atoms with E-state index in [1.807, 2.05) is 31.2 Å². The van der Waals surface area contributed by atoms with Gasteiger partial charge in [-0.3, -0.25) is 0 Å². The van der Waals surface area contributed by atoms with Gasteiger partial charge in [-0.05, 0) is 38.0 Å². The first-order valence-electron chi connectivity index (χ1n) is 8.12. The minimum atomic E-state index is 0.473. The molecule has 1 aliphatic rings. The number of rotatable bonds is 4. The first-order valence-corrected chi connectivity index (χ1v) is 8.12. The van der Waals surface area contributed by atoms with Crippen molar-refractivity contribution in [1.82, 2.24) is 9.97 Å². The molecule has 1 fully saturated rings. The van der Waals surface area contributed by atoms with Gasteiger partial charge in [-0.15, -0.1) is 0 Å². The summed E-state index contributed by atoms with van der Waals surface area (Å²) in [5.41, 5.74) is 2.39. The van der Waals surface area contributed by atoms with Crippen molar-refractivity contribution in [2.45, 2.75) is 45.1 Å². The topological polar surface area (TPSA) is 73.6 Å². The van der Waals surface area contributed by atoms with Crippen molar-refractivity contribution in [1.29, 1.82) is 5.26 Å². The molecule has 1 aromatic carbocycles. The van der Waals surface area contributed by atoms with Gasteiger partial charge in [-0.25, -0.2) is 4.98 Å². The lowest BCUT2D eigenvalue weighted by molar-refractivity contribution is 0.461. The summed E-state index contributed by atoms with van der Waals surface area (Å²) < 4.78 is 0. The number of hydrogen-bond acceptors (Lipinski definition) is 5. The smallest absolute Gasteiger partial charge is 0.225 e. The highest BCUT2D eigenvalue weighted by Crippen LogP contribution is 2.22. The largest absolute Gasteiger partial charge is 0.351 e. The first kappa shape index (κ1) is 15.3. The molecule has 1 saturated carbocycles. The Kier molecular flexibility index (Phi) is 4.72. The second-order valence-corrected chi connectivity index (χ2v) is 6.02. The van der Waals surface area contributed by atoms with E-state index in [4.69, 9.17) is 5.26 Å². The Morgan fingerprint density at radius 2 is 1.96 bits per heavy atom. The van der Waals surface area contributed by atoms with E-state index in [-0.39, 0.29) is 0 Å². The van der Waals surface area contributed by atoms with Crippen LogP contribution in [0, 0.1) is 18.3 Å². The third kappa shape index (κ3) is 4.19. The summed E-state index contributed by atoms with van der Waals surface area (Å²) in [6.07, 6.45) is 6.24. The van der Waals surface area contributed by atoms with E-state index in [0.29, 0.717) is 17.6 Å². The molecule has 2 N–H and O–H groups in total. The van der Waals surface area contributed by atoms with Gasteiger partial charge in [0.25, 0.3) is 0 Å². The molecule has 2 aromatic rings. The zero-order valence-electron chi connectivity index (χ0n) is 13.3. The maximum atomic E-state index is 8.99. The Hall–Kier alpha value is -2.61. The molecular formula is C18H21N5. The van der Waals surface area contributed by atoms with Gasteiger partial charge in [0.2, 0.25) is 5.95 Å². The fourth-order valence-corrected chi connectivity index (χ4v) is 2.94. The Balaban J connectivity index is 1.75. The van der Waals surface area contributed by atoms with Crippen molar-refractivity contribution >= 4 is 17.5 Å². The monoisotopic (exact) mass is 307 g/mol. The maximum Gasteiger partial charge on any atom is 0.225 e. The molecule has 118 valence electrons. The number of nitriles is 1. The molecule has 0 saturated heterocycles. The Labute approximate surface area is 136 Å². The van der Waals surface area contributed by atoms with Crippen molar-refractivity contribution in [2.75, 3.05) is 10.6 Å². The quantitative estimate of drug-likeness (QED) is 0.888. The van der Waals surface area contributed by atoms with Gasteiger partial charge in [-0.1, -0.05) is 25.3 Å². The van der Waals surface area contributed by atoms with Crippen molar-refractivity contribution in [3.05, 3.63) is 41.6 Å². The normalized spacial score (nSPS) is 15.0. The van der Waals surface area contributed by atoms with Crippen LogP contribution in [-0.2, 0) is 0 Å². The molecule has 1 aromatic heterocycles. The molecule has 0 bridgehead atoms. The van der Waals surface area contributed by atoms with Crippen LogP contribution in [0.2, 0.25) is 0 Å². The van der Waals surface area contributed by atoms with E-state index in [1.54, 1.807) is 6.07 Å². The van der Waals surface area contributed by atoms with Crippen LogP contribution in [0.4, 0.5) is 17.5 Å². The van der Waals surface area contributed by atoms with E-state index in [2.05, 4.69) is 26.7 Å². The Morgan fingerprint density at radius 1 is 1.13 bits per heavy atom. The lowest BCUT2D eigenvalue weighted by atomic mass is 9.96. The molecule has 0 unspecified atom stereocenters. The second-order valence-electron chi connectivity index (χ2n) is 6.02. The highest BCUT2D eigenvalue weighted by Gasteiger charge is 2.14. The van der Waals surface area contributed by atoms with Crippen LogP contribution in [0.25, 0.3) is 0 Å². The Morgan fingerprint density at radius 3 is 2.74 bits per heavy atom. The number of aryl methyl sites for hydroxylation is 1. The number of benzene rings is 1. The zero-order chi connectivity index (χ0) is 16.1. The van der Waals surface area contributed by atoms with Crippen molar-refractivity contribution < 1.29 is 0 Å². The lowest BCUT2D eigenvalue weighted by Crippen LogP contribution is -2.23. The lowest BCUT2D eigenvalue weighted by Gasteiger charge is -2.23. The van der Waals surface area contributed by atoms with Gasteiger partial charge in [0, 0.05) is 23.5 Å². The molecule has 1 aliphatic carbocycles. The molecule has 5 nitrogen and oxygen atoms in total. The van der Waals surface area contributed by atoms with Crippen LogP contribution >= 0.6 is 0 Å². The van der Waals surface area contributed by atoms with Crippen LogP contribution in [0.3, 0.4) is 0 Å². The van der Waals surface area contributed by atoms with Gasteiger partial charge in [0.15, 0.2) is 0 Å². The van der Waals surface area contributed by atoms with E-state index >= 15 is 0 Å². The van der Waals surface area contributed by atoms with Gasteiger partial charge >= 0.3 is 0 Å². The fourth-order valence-electron chi connectivity index (χ4n) is 2.94. The average molecular weight is 307 g/mol. The predicted molar refractivity (Wildman–Crippen MR) is 91.7 cm³/mol. The molecule has 0 amide bonds. The van der Waals surface area contributed by atoms with Crippen LogP contribution in [0.1, 0.15) is 43.4 Å². The summed E-state index contributed by atoms with van der Waals surface area (Å²) in [6, 6.07) is 11.9. The standard InChI is InChI=1S/C18H21N5/c1-13-10-17(21-16-9-5-6-14(11-16)12-19)23-18(20-13)22-15-7-3-2-4-8-15/h5-6,9-11,15H,2-4,7-8H2,1H3,(H2,20,21,22,23). The van der Waals surface area contributed by atoms with E-state index in [9.17, 15) is 0 Å². The van der Waals surface area contributed by atoms with E-state index in [1.165, 1.54) is 32.1 Å². The van der Waals surface area contributed by atoms with Crippen LogP contribution < -0.4 is 10.6 Å². The van der Waals surface area contributed by atoms with E-state index in [0.717, 1.165) is 17.2 Å². The summed E-state index contributed by atoms with van der Waals surface area (Å²) in [4.78, 5) is 9.05. The average Bonchev–Trinajstić information content (AvgIpc) is 2.55. The summed E-state index contributed by atoms with van der Waals surface area (Å²) in [5, 5.41) is 15.7. The molecule has 0 radical (unpaired) electrons. The summed E-state index contributed by atoms with van der Waals surface area (Å²) >= 11 is 0. The summed E-state index contributed by atoms with van der Waals surface area (Å²) in [7, 11) is 0. The number of nitrogens with one attached hydrogen (secondary N) is 2. The van der Waals surface area contributed by atoms with Crippen LogP contribution in [0.15, 0.2) is 30.3 Å². The second kappa shape index (κ2) is 7.10. The highest BCUT2D eigenvalue weighted by atomic mass is 15.2. The van der Waals surface area contributed by atoms with Crippen molar-refractivity contribution in [3.8, 4) is 6.07 Å². The first-order chi connectivity index (χ1) is 11.2. The van der Waals surface area contributed by atoms with Crippen LogP contribution in [-0.4, -0.2) is 16.0 Å². The van der Waals surface area contributed by atoms with Gasteiger partial charge in [-0.2, -0.15) is 10.2 Å². The number of aromatic nitrogens is 2. The molecule has 0 atom stereocenters. The molecule has 0 aliphatic heterocycles. The molecular weight excluding hydrogens is 286 g/mol. The third-order valence-corrected chi connectivity index (χ3v) is 4.06. The molecule has 23 heavy (non-hydrogen) atoms. The molecule has 0 spiro atoms. The fraction of sp³-hybridized carbons (Fsp3) is 0.389. The summed E-state index contributed by atoms with van der Waals surface area (Å²) in [5.74, 6) is 1.42. The van der Waals surface area contributed by atoms with E-state index < -0.39 is 0 Å². The van der Waals surface area contributed by atoms with Gasteiger partial charge < -0.3 is 10.6 Å². The van der Waals surface area contributed by atoms with Gasteiger partial charge in [0.1, 0.15) is 5.82 Å². The third-order valence-electron chi connectivity index (χ3n) is 4.06. The maximum absolute atomic E-state index is 8.99. The Bertz CT molecular complexity index is 714. The summed E-state index contributed by atoms with van der Waals surface area (Å²) in [6.45, 7) is 1.96. The number of anilines is 3. The highest BCUT2D eigenvalue weighted by molar-refractivity contribution is 5.59. The minimum Gasteiger partial charge on any atom is -0.351 e.